The van der Waals surface area contributed by atoms with Crippen LogP contribution in [0.25, 0.3) is 11.3 Å². The van der Waals surface area contributed by atoms with Gasteiger partial charge >= 0.3 is 0 Å². The molecule has 1 N–H and O–H groups in total. The van der Waals surface area contributed by atoms with Gasteiger partial charge < -0.3 is 0 Å². The van der Waals surface area contributed by atoms with Crippen molar-refractivity contribution in [1.29, 1.82) is 0 Å². The van der Waals surface area contributed by atoms with E-state index >= 15 is 0 Å². The first-order valence-corrected chi connectivity index (χ1v) is 12.4. The lowest BCUT2D eigenvalue weighted by Gasteiger charge is -2.08. The number of sulfonamides is 1. The van der Waals surface area contributed by atoms with Gasteiger partial charge in [-0.2, -0.15) is 0 Å². The van der Waals surface area contributed by atoms with Crippen LogP contribution in [0.5, 0.6) is 0 Å². The van der Waals surface area contributed by atoms with Crippen LogP contribution in [-0.2, 0) is 16.6 Å². The molecule has 0 radical (unpaired) electrons. The van der Waals surface area contributed by atoms with E-state index < -0.39 is 10.0 Å². The summed E-state index contributed by atoms with van der Waals surface area (Å²) in [5, 5.41) is 8.37. The van der Waals surface area contributed by atoms with Gasteiger partial charge in [0.2, 0.25) is 10.0 Å². The van der Waals surface area contributed by atoms with Gasteiger partial charge in [0, 0.05) is 35.5 Å². The van der Waals surface area contributed by atoms with Crippen LogP contribution in [0.4, 0.5) is 0 Å². The van der Waals surface area contributed by atoms with E-state index in [4.69, 9.17) is 0 Å². The molecule has 3 aromatic rings. The van der Waals surface area contributed by atoms with E-state index in [1.54, 1.807) is 36.7 Å². The molecule has 0 saturated heterocycles. The zero-order chi connectivity index (χ0) is 21.2. The molecule has 9 heteroatoms. The van der Waals surface area contributed by atoms with E-state index in [2.05, 4.69) is 35.9 Å². The first kappa shape index (κ1) is 22.6. The maximum atomic E-state index is 12.3. The lowest BCUT2D eigenvalue weighted by atomic mass is 10.1. The number of aryl methyl sites for hydroxylation is 1. The Morgan fingerprint density at radius 3 is 2.50 bits per heavy atom. The molecule has 3 rings (SSSR count). The van der Waals surface area contributed by atoms with Crippen molar-refractivity contribution in [1.82, 2.24) is 24.7 Å². The number of pyridine rings is 1. The fraction of sp³-hybridized carbons (Fsp3) is 0.381. The van der Waals surface area contributed by atoms with Crippen molar-refractivity contribution < 1.29 is 8.42 Å². The molecule has 0 aliphatic rings. The lowest BCUT2D eigenvalue weighted by molar-refractivity contribution is 0.512. The Morgan fingerprint density at radius 1 is 0.967 bits per heavy atom. The molecule has 0 saturated carbocycles. The number of halogens is 1. The van der Waals surface area contributed by atoms with Crippen LogP contribution >= 0.6 is 15.9 Å². The number of nitrogens with zero attached hydrogens (tertiary/aromatic N) is 4. The lowest BCUT2D eigenvalue weighted by Crippen LogP contribution is -2.25. The molecule has 0 bridgehead atoms. The molecule has 7 nitrogen and oxygen atoms in total. The van der Waals surface area contributed by atoms with Gasteiger partial charge in [-0.25, -0.2) is 13.1 Å². The Morgan fingerprint density at radius 2 is 1.73 bits per heavy atom. The van der Waals surface area contributed by atoms with Crippen molar-refractivity contribution >= 4 is 26.0 Å². The van der Waals surface area contributed by atoms with E-state index in [1.807, 2.05) is 23.0 Å². The summed E-state index contributed by atoms with van der Waals surface area (Å²) in [6.07, 6.45) is 11.7. The van der Waals surface area contributed by atoms with Crippen molar-refractivity contribution in [2.24, 2.45) is 0 Å². The minimum atomic E-state index is -3.46. The van der Waals surface area contributed by atoms with Crippen molar-refractivity contribution in [2.45, 2.75) is 50.0 Å². The first-order chi connectivity index (χ1) is 14.6. The van der Waals surface area contributed by atoms with E-state index in [9.17, 15) is 8.42 Å². The smallest absolute Gasteiger partial charge is 0.241 e. The molecule has 1 aromatic carbocycles. The Hall–Kier alpha value is -2.10. The van der Waals surface area contributed by atoms with Crippen molar-refractivity contribution in [3.05, 3.63) is 59.5 Å². The number of benzene rings is 1. The monoisotopic (exact) mass is 491 g/mol. The van der Waals surface area contributed by atoms with Crippen LogP contribution in [0.3, 0.4) is 0 Å². The first-order valence-electron chi connectivity index (χ1n) is 10.1. The summed E-state index contributed by atoms with van der Waals surface area (Å²) in [5.74, 6) is 0. The fourth-order valence-electron chi connectivity index (χ4n) is 3.11. The second kappa shape index (κ2) is 11.3. The van der Waals surface area contributed by atoms with Gasteiger partial charge in [0.1, 0.15) is 5.69 Å². The summed E-state index contributed by atoms with van der Waals surface area (Å²) in [6, 6.07) is 10.7. The summed E-state index contributed by atoms with van der Waals surface area (Å²) in [6.45, 7) is 1.30. The Bertz CT molecular complexity index is 1020. The fourth-order valence-corrected chi connectivity index (χ4v) is 5.18. The van der Waals surface area contributed by atoms with Crippen LogP contribution < -0.4 is 4.72 Å². The predicted octanol–water partition coefficient (Wildman–Crippen LogP) is 4.42. The molecule has 0 amide bonds. The highest BCUT2D eigenvalue weighted by Crippen LogP contribution is 2.21. The topological polar surface area (TPSA) is 89.8 Å². The molecule has 0 spiro atoms. The molecular formula is C21H26BrN5O2S. The normalized spacial score (nSPS) is 11.6. The van der Waals surface area contributed by atoms with Gasteiger partial charge in [-0.15, -0.1) is 5.10 Å². The second-order valence-electron chi connectivity index (χ2n) is 7.06. The standard InChI is InChI=1S/C21H26BrN5O2S/c22-19-11-5-6-12-21(19)30(28,29)24-14-7-3-1-2-4-8-15-27-17-20(25-26-27)18-10-9-13-23-16-18/h5-6,9-13,16-17,24H,1-4,7-8,14-15H2. The molecule has 0 aliphatic heterocycles. The molecule has 0 atom stereocenters. The molecule has 2 aromatic heterocycles. The highest BCUT2D eigenvalue weighted by Gasteiger charge is 2.15. The zero-order valence-corrected chi connectivity index (χ0v) is 19.1. The van der Waals surface area contributed by atoms with Crippen LogP contribution in [0.15, 0.2) is 64.4 Å². The third kappa shape index (κ3) is 6.72. The largest absolute Gasteiger partial charge is 0.264 e. The quantitative estimate of drug-likeness (QED) is 0.378. The van der Waals surface area contributed by atoms with Gasteiger partial charge in [0.05, 0.1) is 11.1 Å². The molecular weight excluding hydrogens is 466 g/mol. The van der Waals surface area contributed by atoms with E-state index in [0.29, 0.717) is 11.0 Å². The summed E-state index contributed by atoms with van der Waals surface area (Å²) in [4.78, 5) is 4.39. The van der Waals surface area contributed by atoms with Gasteiger partial charge in [-0.3, -0.25) is 9.67 Å². The molecule has 160 valence electrons. The molecule has 2 heterocycles. The third-order valence-corrected chi connectivity index (χ3v) is 7.20. The average molecular weight is 492 g/mol. The highest BCUT2D eigenvalue weighted by atomic mass is 79.9. The van der Waals surface area contributed by atoms with Crippen LogP contribution in [0, 0.1) is 0 Å². The van der Waals surface area contributed by atoms with Crippen LogP contribution in [0.2, 0.25) is 0 Å². The molecule has 0 aliphatic carbocycles. The minimum Gasteiger partial charge on any atom is -0.264 e. The van der Waals surface area contributed by atoms with Crippen molar-refractivity contribution in [3.63, 3.8) is 0 Å². The third-order valence-electron chi connectivity index (χ3n) is 4.73. The highest BCUT2D eigenvalue weighted by molar-refractivity contribution is 9.10. The Balaban J connectivity index is 1.26. The SMILES string of the molecule is O=S(=O)(NCCCCCCCCn1cc(-c2cccnc2)nn1)c1ccccc1Br. The summed E-state index contributed by atoms with van der Waals surface area (Å²) < 4.78 is 29.7. The number of hydrogen-bond donors (Lipinski definition) is 1. The minimum absolute atomic E-state index is 0.282. The van der Waals surface area contributed by atoms with Gasteiger partial charge in [-0.1, -0.05) is 43.0 Å². The maximum absolute atomic E-state index is 12.3. The average Bonchev–Trinajstić information content (AvgIpc) is 3.22. The number of hydrogen-bond acceptors (Lipinski definition) is 5. The summed E-state index contributed by atoms with van der Waals surface area (Å²) in [7, 11) is -3.46. The van der Waals surface area contributed by atoms with Crippen molar-refractivity contribution in [3.8, 4) is 11.3 Å². The second-order valence-corrected chi connectivity index (χ2v) is 9.65. The predicted molar refractivity (Wildman–Crippen MR) is 120 cm³/mol. The van der Waals surface area contributed by atoms with Gasteiger partial charge in [-0.05, 0) is 53.0 Å². The maximum Gasteiger partial charge on any atom is 0.241 e. The zero-order valence-electron chi connectivity index (χ0n) is 16.7. The summed E-state index contributed by atoms with van der Waals surface area (Å²) >= 11 is 3.29. The molecule has 0 unspecified atom stereocenters. The van der Waals surface area contributed by atoms with Gasteiger partial charge in [0.25, 0.3) is 0 Å². The van der Waals surface area contributed by atoms with E-state index in [1.165, 1.54) is 0 Å². The van der Waals surface area contributed by atoms with E-state index in [-0.39, 0.29) is 4.90 Å². The van der Waals surface area contributed by atoms with Crippen LogP contribution in [-0.4, -0.2) is 34.9 Å². The number of aromatic nitrogens is 4. The van der Waals surface area contributed by atoms with E-state index in [0.717, 1.165) is 56.3 Å². The number of nitrogens with one attached hydrogen (secondary N) is 1. The van der Waals surface area contributed by atoms with Crippen LogP contribution in [0.1, 0.15) is 38.5 Å². The number of rotatable bonds is 12. The van der Waals surface area contributed by atoms with Crippen molar-refractivity contribution in [2.75, 3.05) is 6.54 Å². The molecule has 30 heavy (non-hydrogen) atoms. The van der Waals surface area contributed by atoms with Gasteiger partial charge in [0.15, 0.2) is 0 Å². The molecule has 0 fully saturated rings. The summed E-state index contributed by atoms with van der Waals surface area (Å²) in [5.41, 5.74) is 1.81. The Labute approximate surface area is 186 Å². The Kier molecular flexibility index (Phi) is 8.53. The number of unbranched alkanes of at least 4 members (excludes halogenated alkanes) is 5.